The molecular formula is C75H76Cl6N12O6. The zero-order chi connectivity index (χ0) is 68.1. The van der Waals surface area contributed by atoms with Crippen LogP contribution in [0.15, 0.2) is 124 Å². The third kappa shape index (κ3) is 15.5. The number of hydrogen-bond acceptors (Lipinski definition) is 12. The van der Waals surface area contributed by atoms with Crippen molar-refractivity contribution < 1.29 is 27.6 Å². The van der Waals surface area contributed by atoms with Crippen molar-refractivity contribution in [3.05, 3.63) is 208 Å². The van der Waals surface area contributed by atoms with Gasteiger partial charge in [0.15, 0.2) is 17.1 Å². The number of fused-ring (bicyclic) bond motifs is 4. The summed E-state index contributed by atoms with van der Waals surface area (Å²) in [4.78, 5) is 40.1. The number of nitrogens with one attached hydrogen (secondary N) is 3. The second-order valence-electron chi connectivity index (χ2n) is 26.4. The van der Waals surface area contributed by atoms with E-state index in [1.165, 1.54) is 38.5 Å². The van der Waals surface area contributed by atoms with Gasteiger partial charge in [0, 0.05) is 87.7 Å². The summed E-state index contributed by atoms with van der Waals surface area (Å²) in [6.07, 6.45) is 36.0. The lowest BCUT2D eigenvalue weighted by atomic mass is 9.90. The van der Waals surface area contributed by atoms with E-state index in [-0.39, 0.29) is 17.7 Å². The molecule has 16 rings (SSSR count). The van der Waals surface area contributed by atoms with Crippen LogP contribution in [0.5, 0.6) is 0 Å². The molecule has 6 aromatic heterocycles. The number of amides is 3. The molecule has 0 bridgehead atoms. The number of furan rings is 3. The largest absolute Gasteiger partial charge is 0.472 e. The maximum atomic E-state index is 13.5. The van der Waals surface area contributed by atoms with E-state index in [9.17, 15) is 14.4 Å². The van der Waals surface area contributed by atoms with Crippen molar-refractivity contribution in [3.63, 3.8) is 0 Å². The van der Waals surface area contributed by atoms with Gasteiger partial charge < -0.3 is 13.3 Å². The molecule has 2 unspecified atom stereocenters. The zero-order valence-corrected chi connectivity index (χ0v) is 59.2. The summed E-state index contributed by atoms with van der Waals surface area (Å²) in [7, 11) is 0. The van der Waals surface area contributed by atoms with E-state index in [4.69, 9.17) is 98.2 Å². The van der Waals surface area contributed by atoms with Crippen LogP contribution in [0.2, 0.25) is 30.1 Å². The van der Waals surface area contributed by atoms with Gasteiger partial charge in [-0.05, 0) is 216 Å². The van der Waals surface area contributed by atoms with Gasteiger partial charge in [-0.1, -0.05) is 95.3 Å². The van der Waals surface area contributed by atoms with Crippen LogP contribution >= 0.6 is 69.6 Å². The Labute approximate surface area is 604 Å². The Hall–Kier alpha value is -7.62. The quantitative estimate of drug-likeness (QED) is 0.105. The molecule has 2 atom stereocenters. The summed E-state index contributed by atoms with van der Waals surface area (Å²) in [5.41, 5.74) is 24.7. The highest BCUT2D eigenvalue weighted by Crippen LogP contribution is 2.43. The van der Waals surface area contributed by atoms with Gasteiger partial charge in [-0.3, -0.25) is 30.7 Å². The third-order valence-electron chi connectivity index (χ3n) is 19.7. The number of aromatic nitrogens is 6. The standard InChI is InChI=1S/C26H26Cl2N4O2.C25H26Cl2N4O2.C24H24Cl2N4O2/c27-20-7-8-23(22(28)12-20)32-25-17(11-16-9-10-34-15-16)3-2-6-21(25)24(29-32)26(33)30-31-13-18-4-1-5-19(18)14-31;26-19-8-9-22(21(27)15-19)31-24-18(14-17-10-13-33-16-17)6-5-7-20(24)23(28-31)25(32)29-30-11-3-1-2-4-12-30;25-18-7-8-21(20(26)14-18)30-23-17(13-16-9-12-32-15-16)5-4-6-19(23)22(27-30)24(31)28-29-10-2-1-3-11-29/h7-12,15,18-19H,1-6,13-14H2,(H,30,33);8-10,13-16H,1-7,11-12H2,(H,29,32);7-9,12-15H,1-6,10-11H2,(H,28,31)/b17-11+;18-14+;17-13+. The molecule has 3 N–H and O–H groups in total. The number of rotatable bonds is 12. The fourth-order valence-electron chi connectivity index (χ4n) is 15.0. The number of carbonyl (C=O) groups is 3. The fourth-order valence-corrected chi connectivity index (χ4v) is 16.5. The summed E-state index contributed by atoms with van der Waals surface area (Å²) >= 11 is 38.1. The van der Waals surface area contributed by atoms with Crippen LogP contribution in [0.25, 0.3) is 52.0 Å². The molecule has 514 valence electrons. The smallest absolute Gasteiger partial charge is 0.286 e. The van der Waals surface area contributed by atoms with Crippen LogP contribution < -0.4 is 16.3 Å². The van der Waals surface area contributed by atoms with Crippen molar-refractivity contribution in [2.75, 3.05) is 39.3 Å². The van der Waals surface area contributed by atoms with E-state index >= 15 is 0 Å². The Bertz CT molecular complexity index is 4490. The maximum Gasteiger partial charge on any atom is 0.286 e. The Morgan fingerprint density at radius 2 is 0.717 bits per heavy atom. The first-order chi connectivity index (χ1) is 48.3. The Morgan fingerprint density at radius 3 is 1.03 bits per heavy atom. The summed E-state index contributed by atoms with van der Waals surface area (Å²) in [6, 6.07) is 21.8. The monoisotopic (exact) mass is 1450 g/mol. The molecule has 7 aliphatic rings. The maximum absolute atomic E-state index is 13.5. The molecule has 1 saturated carbocycles. The molecule has 0 spiro atoms. The second kappa shape index (κ2) is 31.1. The van der Waals surface area contributed by atoms with E-state index in [0.717, 1.165) is 190 Å². The van der Waals surface area contributed by atoms with Crippen molar-refractivity contribution in [2.24, 2.45) is 11.8 Å². The number of hydrogen-bond donors (Lipinski definition) is 3. The minimum Gasteiger partial charge on any atom is -0.472 e. The predicted molar refractivity (Wildman–Crippen MR) is 390 cm³/mol. The van der Waals surface area contributed by atoms with Gasteiger partial charge in [0.1, 0.15) is 0 Å². The molecule has 9 heterocycles. The minimum absolute atomic E-state index is 0.148. The highest BCUT2D eigenvalue weighted by atomic mass is 35.5. The van der Waals surface area contributed by atoms with Crippen molar-refractivity contribution >= 4 is 122 Å². The molecular weight excluding hydrogens is 1380 g/mol. The van der Waals surface area contributed by atoms with Crippen LogP contribution in [0.1, 0.15) is 185 Å². The van der Waals surface area contributed by atoms with Crippen LogP contribution in [-0.2, 0) is 19.3 Å². The fraction of sp³-hybridized carbons (Fsp3) is 0.360. The molecule has 3 aliphatic heterocycles. The first-order valence-electron chi connectivity index (χ1n) is 34.4. The minimum atomic E-state index is -0.170. The van der Waals surface area contributed by atoms with Crippen molar-refractivity contribution in [3.8, 4) is 17.1 Å². The lowest BCUT2D eigenvalue weighted by molar-refractivity contribution is 0.0741. The van der Waals surface area contributed by atoms with Crippen molar-refractivity contribution in [2.45, 2.75) is 122 Å². The van der Waals surface area contributed by atoms with Crippen LogP contribution in [0.3, 0.4) is 0 Å². The molecule has 0 radical (unpaired) electrons. The predicted octanol–water partition coefficient (Wildman–Crippen LogP) is 18.0. The molecule has 18 nitrogen and oxygen atoms in total. The van der Waals surface area contributed by atoms with Crippen LogP contribution in [-0.4, -0.2) is 101 Å². The number of carbonyl (C=O) groups excluding carboxylic acids is 3. The normalized spacial score (nSPS) is 19.9. The van der Waals surface area contributed by atoms with Crippen LogP contribution in [0, 0.1) is 11.8 Å². The Balaban J connectivity index is 0.000000127. The van der Waals surface area contributed by atoms with Gasteiger partial charge in [-0.25, -0.2) is 29.1 Å². The molecule has 4 fully saturated rings. The average Bonchev–Trinajstić information content (AvgIpc) is 1.63. The van der Waals surface area contributed by atoms with Gasteiger partial charge in [0.05, 0.1) is 86.8 Å². The lowest BCUT2D eigenvalue weighted by Crippen LogP contribution is -2.45. The van der Waals surface area contributed by atoms with Crippen molar-refractivity contribution in [1.82, 2.24) is 60.6 Å². The van der Waals surface area contributed by atoms with Gasteiger partial charge in [-0.15, -0.1) is 0 Å². The summed E-state index contributed by atoms with van der Waals surface area (Å²) in [6.45, 7) is 5.31. The Kier molecular flexibility index (Phi) is 21.5. The molecule has 3 amide bonds. The second-order valence-corrected chi connectivity index (χ2v) is 28.9. The van der Waals surface area contributed by atoms with Crippen molar-refractivity contribution in [1.29, 1.82) is 0 Å². The summed E-state index contributed by atoms with van der Waals surface area (Å²) in [5.74, 6) is 0.913. The molecule has 4 aliphatic carbocycles. The average molecular weight is 1450 g/mol. The molecule has 99 heavy (non-hydrogen) atoms. The highest BCUT2D eigenvalue weighted by molar-refractivity contribution is 6.37. The van der Waals surface area contributed by atoms with Crippen LogP contribution in [0.4, 0.5) is 0 Å². The lowest BCUT2D eigenvalue weighted by Gasteiger charge is -2.26. The van der Waals surface area contributed by atoms with Gasteiger partial charge in [-0.2, -0.15) is 15.3 Å². The number of piperidine rings is 1. The molecule has 9 aromatic rings. The van der Waals surface area contributed by atoms with Gasteiger partial charge in [0.2, 0.25) is 0 Å². The topological polar surface area (TPSA) is 190 Å². The number of hydrazine groups is 3. The summed E-state index contributed by atoms with van der Waals surface area (Å²) < 4.78 is 21.2. The number of nitrogens with zero attached hydrogens (tertiary/aromatic N) is 9. The van der Waals surface area contributed by atoms with E-state index < -0.39 is 0 Å². The van der Waals surface area contributed by atoms with E-state index in [1.54, 1.807) is 83.3 Å². The van der Waals surface area contributed by atoms with E-state index in [1.807, 2.05) is 51.1 Å². The molecule has 3 aromatic carbocycles. The molecule has 3 saturated heterocycles. The van der Waals surface area contributed by atoms with Gasteiger partial charge >= 0.3 is 0 Å². The third-order valence-corrected chi connectivity index (χ3v) is 21.3. The highest BCUT2D eigenvalue weighted by Gasteiger charge is 2.39. The number of benzene rings is 3. The first-order valence-corrected chi connectivity index (χ1v) is 36.6. The van der Waals surface area contributed by atoms with Gasteiger partial charge in [0.25, 0.3) is 17.7 Å². The zero-order valence-electron chi connectivity index (χ0n) is 54.7. The molecule has 24 heteroatoms. The first kappa shape index (κ1) is 68.5. The SMILES string of the molecule is O=C(NN1CC2CCCC2C1)c1nn(-c2ccc(Cl)cc2Cl)c2c1CCC/C2=C\c1ccoc1.O=C(NN1CCCCC1)c1nn(-c2ccc(Cl)cc2Cl)c2c1CCC/C2=C\c1ccoc1.O=C(NN1CCCCCC1)c1nn(-c2ccc(Cl)cc2Cl)c2c1CCC/C2=C\c1ccoc1. The summed E-state index contributed by atoms with van der Waals surface area (Å²) in [5, 5.41) is 23.7. The number of allylic oxidation sites excluding steroid dienone is 3. The van der Waals surface area contributed by atoms with E-state index in [2.05, 4.69) is 39.5 Å². The van der Waals surface area contributed by atoms with E-state index in [0.29, 0.717) is 76.1 Å². The Morgan fingerprint density at radius 1 is 0.394 bits per heavy atom. The number of halogens is 6.